The number of rotatable bonds is 4. The summed E-state index contributed by atoms with van der Waals surface area (Å²) in [6, 6.07) is 1.27. The molecule has 21 heavy (non-hydrogen) atoms. The Kier molecular flexibility index (Phi) is 3.37. The maximum absolute atomic E-state index is 11.5. The molecule has 106 valence electrons. The van der Waals surface area contributed by atoms with Crippen LogP contribution in [0.25, 0.3) is 0 Å². The molecule has 0 aromatic carbocycles. The molecule has 3 rings (SSSR count). The van der Waals surface area contributed by atoms with Crippen LogP contribution in [0.15, 0.2) is 31.0 Å². The Morgan fingerprint density at radius 1 is 1.29 bits per heavy atom. The van der Waals surface area contributed by atoms with E-state index in [2.05, 4.69) is 30.6 Å². The monoisotopic (exact) mass is 285 g/mol. The Bertz CT molecular complexity index is 676. The van der Waals surface area contributed by atoms with E-state index in [4.69, 9.17) is 0 Å². The molecule has 1 fully saturated rings. The number of aromatic nitrogens is 4. The van der Waals surface area contributed by atoms with E-state index in [9.17, 15) is 9.59 Å². The van der Waals surface area contributed by atoms with Crippen LogP contribution in [-0.4, -0.2) is 43.3 Å². The number of anilines is 2. The second-order valence-electron chi connectivity index (χ2n) is 4.33. The number of carbonyl (C=O) groups excluding carboxylic acids is 2. The first-order valence-corrected chi connectivity index (χ1v) is 6.13. The van der Waals surface area contributed by atoms with Crippen LogP contribution in [0.2, 0.25) is 0 Å². The van der Waals surface area contributed by atoms with Gasteiger partial charge in [0.25, 0.3) is 0 Å². The number of imide groups is 1. The lowest BCUT2D eigenvalue weighted by atomic mass is 10.4. The van der Waals surface area contributed by atoms with Gasteiger partial charge >= 0.3 is 6.03 Å². The Labute approximate surface area is 119 Å². The molecular weight excluding hydrogens is 274 g/mol. The highest BCUT2D eigenvalue weighted by Gasteiger charge is 2.26. The standard InChI is InChI=1S/C12H11N7O2/c20-10-6-19(12(21)18-10)5-8-1-2-15-11(16-8)17-9-3-13-7-14-4-9/h1-4,7H,5-6H2,(H,15,16,17)(H,18,20,21). The van der Waals surface area contributed by atoms with Crippen molar-refractivity contribution in [2.45, 2.75) is 6.54 Å². The molecule has 9 nitrogen and oxygen atoms in total. The van der Waals surface area contributed by atoms with Gasteiger partial charge in [-0.15, -0.1) is 0 Å². The predicted octanol–water partition coefficient (Wildman–Crippen LogP) is 0.0620. The van der Waals surface area contributed by atoms with Gasteiger partial charge in [-0.25, -0.2) is 24.7 Å². The molecule has 1 saturated heterocycles. The van der Waals surface area contributed by atoms with Crippen LogP contribution < -0.4 is 10.6 Å². The van der Waals surface area contributed by atoms with Gasteiger partial charge in [-0.2, -0.15) is 0 Å². The number of nitrogens with zero attached hydrogens (tertiary/aromatic N) is 5. The maximum atomic E-state index is 11.5. The average molecular weight is 285 g/mol. The summed E-state index contributed by atoms with van der Waals surface area (Å²) < 4.78 is 0. The molecule has 0 unspecified atom stereocenters. The lowest BCUT2D eigenvalue weighted by Gasteiger charge is -2.12. The van der Waals surface area contributed by atoms with E-state index in [0.717, 1.165) is 0 Å². The van der Waals surface area contributed by atoms with Crippen LogP contribution >= 0.6 is 0 Å². The minimum atomic E-state index is -0.412. The van der Waals surface area contributed by atoms with Gasteiger partial charge in [-0.05, 0) is 6.07 Å². The summed E-state index contributed by atoms with van der Waals surface area (Å²) in [5, 5.41) is 5.17. The minimum Gasteiger partial charge on any atom is -0.322 e. The van der Waals surface area contributed by atoms with E-state index in [1.54, 1.807) is 24.7 Å². The van der Waals surface area contributed by atoms with Gasteiger partial charge in [0.05, 0.1) is 30.3 Å². The largest absolute Gasteiger partial charge is 0.324 e. The van der Waals surface area contributed by atoms with Crippen LogP contribution in [-0.2, 0) is 11.3 Å². The third-order valence-corrected chi connectivity index (χ3v) is 2.75. The SMILES string of the molecule is O=C1CN(Cc2ccnc(Nc3cncnc3)n2)C(=O)N1. The van der Waals surface area contributed by atoms with Crippen molar-refractivity contribution >= 4 is 23.6 Å². The van der Waals surface area contributed by atoms with Crippen LogP contribution in [0.3, 0.4) is 0 Å². The first-order chi connectivity index (χ1) is 10.2. The molecule has 1 aliphatic rings. The number of hydrogen-bond acceptors (Lipinski definition) is 7. The highest BCUT2D eigenvalue weighted by Crippen LogP contribution is 2.11. The van der Waals surface area contributed by atoms with E-state index >= 15 is 0 Å². The summed E-state index contributed by atoms with van der Waals surface area (Å²) in [5.74, 6) is 0.0575. The van der Waals surface area contributed by atoms with Crippen LogP contribution in [0.1, 0.15) is 5.69 Å². The highest BCUT2D eigenvalue weighted by molar-refractivity contribution is 6.01. The third-order valence-electron chi connectivity index (χ3n) is 2.75. The first-order valence-electron chi connectivity index (χ1n) is 6.13. The van der Waals surface area contributed by atoms with Crippen molar-refractivity contribution in [2.24, 2.45) is 0 Å². The first kappa shape index (κ1) is 12.9. The summed E-state index contributed by atoms with van der Waals surface area (Å²) in [5.41, 5.74) is 1.28. The zero-order valence-electron chi connectivity index (χ0n) is 10.9. The molecule has 0 atom stereocenters. The molecular formula is C12H11N7O2. The minimum absolute atomic E-state index is 0.0398. The zero-order valence-corrected chi connectivity index (χ0v) is 10.9. The Hall–Kier alpha value is -3.10. The number of hydrogen-bond donors (Lipinski definition) is 2. The van der Waals surface area contributed by atoms with Crippen molar-refractivity contribution in [1.29, 1.82) is 0 Å². The van der Waals surface area contributed by atoms with Gasteiger partial charge in [-0.1, -0.05) is 0 Å². The van der Waals surface area contributed by atoms with Crippen LogP contribution in [0.5, 0.6) is 0 Å². The van der Waals surface area contributed by atoms with Crippen molar-refractivity contribution in [3.8, 4) is 0 Å². The Morgan fingerprint density at radius 3 is 2.81 bits per heavy atom. The summed E-state index contributed by atoms with van der Waals surface area (Å²) in [6.45, 7) is 0.276. The molecule has 3 heterocycles. The normalized spacial score (nSPS) is 14.2. The van der Waals surface area contributed by atoms with Gasteiger partial charge < -0.3 is 10.2 Å². The molecule has 0 radical (unpaired) electrons. The van der Waals surface area contributed by atoms with Gasteiger partial charge in [0, 0.05) is 6.20 Å². The van der Waals surface area contributed by atoms with E-state index in [0.29, 0.717) is 17.3 Å². The van der Waals surface area contributed by atoms with Gasteiger partial charge in [0.2, 0.25) is 11.9 Å². The molecule has 9 heteroatoms. The molecule has 0 bridgehead atoms. The number of carbonyl (C=O) groups is 2. The fourth-order valence-electron chi connectivity index (χ4n) is 1.84. The zero-order chi connectivity index (χ0) is 14.7. The molecule has 2 aromatic heterocycles. The fraction of sp³-hybridized carbons (Fsp3) is 0.167. The van der Waals surface area contributed by atoms with E-state index in [-0.39, 0.29) is 19.0 Å². The maximum Gasteiger partial charge on any atom is 0.324 e. The van der Waals surface area contributed by atoms with Crippen molar-refractivity contribution in [1.82, 2.24) is 30.2 Å². The average Bonchev–Trinajstić information content (AvgIpc) is 2.78. The van der Waals surface area contributed by atoms with Gasteiger partial charge in [0.15, 0.2) is 0 Å². The molecule has 2 N–H and O–H groups in total. The summed E-state index contributed by atoms with van der Waals surface area (Å²) in [4.78, 5) is 40.1. The lowest BCUT2D eigenvalue weighted by molar-refractivity contribution is -0.118. The summed E-state index contributed by atoms with van der Waals surface area (Å²) in [6.07, 6.45) is 6.18. The molecule has 2 aromatic rings. The van der Waals surface area contributed by atoms with Crippen LogP contribution in [0, 0.1) is 0 Å². The Morgan fingerprint density at radius 2 is 2.10 bits per heavy atom. The van der Waals surface area contributed by atoms with Gasteiger partial charge in [-0.3, -0.25) is 10.1 Å². The second-order valence-corrected chi connectivity index (χ2v) is 4.33. The number of amides is 3. The molecule has 3 amide bonds. The van der Waals surface area contributed by atoms with Crippen molar-refractivity contribution < 1.29 is 9.59 Å². The van der Waals surface area contributed by atoms with Crippen LogP contribution in [0.4, 0.5) is 16.4 Å². The van der Waals surface area contributed by atoms with E-state index < -0.39 is 6.03 Å². The summed E-state index contributed by atoms with van der Waals surface area (Å²) >= 11 is 0. The lowest BCUT2D eigenvalue weighted by Crippen LogP contribution is -2.28. The van der Waals surface area contributed by atoms with Crippen molar-refractivity contribution in [3.05, 3.63) is 36.7 Å². The Balaban J connectivity index is 1.71. The second kappa shape index (κ2) is 5.49. The third kappa shape index (κ3) is 3.08. The number of urea groups is 1. The van der Waals surface area contributed by atoms with E-state index in [1.165, 1.54) is 11.2 Å². The van der Waals surface area contributed by atoms with E-state index in [1.807, 2.05) is 0 Å². The molecule has 0 saturated carbocycles. The number of nitrogens with one attached hydrogen (secondary N) is 2. The molecule has 0 spiro atoms. The molecule has 0 aliphatic carbocycles. The summed E-state index contributed by atoms with van der Waals surface area (Å²) in [7, 11) is 0. The smallest absolute Gasteiger partial charge is 0.322 e. The quantitative estimate of drug-likeness (QED) is 0.764. The van der Waals surface area contributed by atoms with Crippen molar-refractivity contribution in [3.63, 3.8) is 0 Å². The highest BCUT2D eigenvalue weighted by atomic mass is 16.2. The predicted molar refractivity (Wildman–Crippen MR) is 71.3 cm³/mol. The van der Waals surface area contributed by atoms with Gasteiger partial charge in [0.1, 0.15) is 12.9 Å². The molecule has 1 aliphatic heterocycles. The topological polar surface area (TPSA) is 113 Å². The fourth-order valence-corrected chi connectivity index (χ4v) is 1.84. The van der Waals surface area contributed by atoms with Crippen molar-refractivity contribution in [2.75, 3.05) is 11.9 Å².